The smallest absolute Gasteiger partial charge is 0.252 e. The summed E-state index contributed by atoms with van der Waals surface area (Å²) >= 11 is 0. The predicted octanol–water partition coefficient (Wildman–Crippen LogP) is 4.33. The Kier molecular flexibility index (Phi) is 3.74. The van der Waals surface area contributed by atoms with Gasteiger partial charge >= 0.3 is 0 Å². The summed E-state index contributed by atoms with van der Waals surface area (Å²) in [4.78, 5) is 17.8. The van der Waals surface area contributed by atoms with Crippen molar-refractivity contribution in [2.24, 2.45) is 0 Å². The maximum atomic E-state index is 13.1. The number of ether oxygens (including phenoxy) is 2. The molecule has 136 valence electrons. The Morgan fingerprint density at radius 3 is 2.78 bits per heavy atom. The van der Waals surface area contributed by atoms with E-state index in [2.05, 4.69) is 5.32 Å². The number of amides is 1. The van der Waals surface area contributed by atoms with Crippen LogP contribution in [-0.2, 0) is 0 Å². The van der Waals surface area contributed by atoms with Crippen molar-refractivity contribution in [2.75, 3.05) is 6.79 Å². The van der Waals surface area contributed by atoms with Crippen molar-refractivity contribution in [2.45, 2.75) is 31.7 Å². The second kappa shape index (κ2) is 6.27. The monoisotopic (exact) mass is 360 g/mol. The van der Waals surface area contributed by atoms with Crippen LogP contribution in [0.25, 0.3) is 10.9 Å². The Balaban J connectivity index is 1.45. The van der Waals surface area contributed by atoms with Gasteiger partial charge in [0.1, 0.15) is 0 Å². The van der Waals surface area contributed by atoms with Gasteiger partial charge in [-0.2, -0.15) is 0 Å². The molecule has 1 unspecified atom stereocenters. The molecule has 1 fully saturated rings. The highest BCUT2D eigenvalue weighted by Gasteiger charge is 2.27. The SMILES string of the molecule is CC(NC(=O)c1cc(C2CC2)nc2ccccc12)c1ccc2c(c1)OCO2. The van der Waals surface area contributed by atoms with Crippen LogP contribution in [0.15, 0.2) is 48.5 Å². The summed E-state index contributed by atoms with van der Waals surface area (Å²) in [5.74, 6) is 1.87. The summed E-state index contributed by atoms with van der Waals surface area (Å²) in [5.41, 5.74) is 3.57. The Morgan fingerprint density at radius 1 is 1.11 bits per heavy atom. The largest absolute Gasteiger partial charge is 0.454 e. The second-order valence-corrected chi connectivity index (χ2v) is 7.19. The molecule has 1 aliphatic carbocycles. The predicted molar refractivity (Wildman–Crippen MR) is 102 cm³/mol. The van der Waals surface area contributed by atoms with E-state index in [1.165, 1.54) is 0 Å². The van der Waals surface area contributed by atoms with E-state index in [-0.39, 0.29) is 18.7 Å². The molecular formula is C22H20N2O3. The minimum Gasteiger partial charge on any atom is -0.454 e. The normalized spacial score (nSPS) is 16.3. The van der Waals surface area contributed by atoms with Gasteiger partial charge in [0.15, 0.2) is 11.5 Å². The van der Waals surface area contributed by atoms with Crippen molar-refractivity contribution in [3.8, 4) is 11.5 Å². The van der Waals surface area contributed by atoms with Crippen molar-refractivity contribution < 1.29 is 14.3 Å². The van der Waals surface area contributed by atoms with E-state index in [0.29, 0.717) is 11.5 Å². The Hall–Kier alpha value is -3.08. The van der Waals surface area contributed by atoms with Crippen molar-refractivity contribution in [1.82, 2.24) is 10.3 Å². The van der Waals surface area contributed by atoms with Gasteiger partial charge in [-0.15, -0.1) is 0 Å². The highest BCUT2D eigenvalue weighted by Crippen LogP contribution is 2.40. The molecule has 5 nitrogen and oxygen atoms in total. The first kappa shape index (κ1) is 16.1. The lowest BCUT2D eigenvalue weighted by atomic mass is 10.0. The minimum atomic E-state index is -0.150. The first-order valence-electron chi connectivity index (χ1n) is 9.29. The van der Waals surface area contributed by atoms with E-state index in [0.717, 1.165) is 46.5 Å². The average Bonchev–Trinajstić information content (AvgIpc) is 3.44. The molecule has 2 aromatic carbocycles. The number of para-hydroxylation sites is 1. The maximum absolute atomic E-state index is 13.1. The Labute approximate surface area is 157 Å². The third-order valence-electron chi connectivity index (χ3n) is 5.22. The Bertz CT molecular complexity index is 1040. The minimum absolute atomic E-state index is 0.0827. The quantitative estimate of drug-likeness (QED) is 0.752. The number of hydrogen-bond donors (Lipinski definition) is 1. The summed E-state index contributed by atoms with van der Waals surface area (Å²) in [6.07, 6.45) is 2.31. The number of benzene rings is 2. The Morgan fingerprint density at radius 2 is 1.93 bits per heavy atom. The molecular weight excluding hydrogens is 340 g/mol. The molecule has 27 heavy (non-hydrogen) atoms. The number of aromatic nitrogens is 1. The molecule has 1 atom stereocenters. The zero-order chi connectivity index (χ0) is 18.4. The number of carbonyl (C=O) groups is 1. The standard InChI is InChI=1S/C22H20N2O3/c1-13(15-8-9-20-21(10-15)27-12-26-20)23-22(25)17-11-19(14-6-7-14)24-18-5-3-2-4-16(17)18/h2-5,8-11,13-14H,6-7,12H2,1H3,(H,23,25). The summed E-state index contributed by atoms with van der Waals surface area (Å²) in [6, 6.07) is 15.4. The lowest BCUT2D eigenvalue weighted by Crippen LogP contribution is -2.27. The molecule has 5 heteroatoms. The number of fused-ring (bicyclic) bond motifs is 2. The molecule has 1 amide bonds. The molecule has 1 N–H and O–H groups in total. The fraction of sp³-hybridized carbons (Fsp3) is 0.273. The number of rotatable bonds is 4. The van der Waals surface area contributed by atoms with Crippen LogP contribution in [0.3, 0.4) is 0 Å². The highest BCUT2D eigenvalue weighted by molar-refractivity contribution is 6.06. The van der Waals surface area contributed by atoms with Crippen molar-refractivity contribution in [3.63, 3.8) is 0 Å². The average molecular weight is 360 g/mol. The van der Waals surface area contributed by atoms with E-state index in [9.17, 15) is 4.79 Å². The maximum Gasteiger partial charge on any atom is 0.252 e. The fourth-order valence-electron chi connectivity index (χ4n) is 3.51. The molecule has 0 radical (unpaired) electrons. The first-order chi connectivity index (χ1) is 13.2. The van der Waals surface area contributed by atoms with Gasteiger partial charge in [-0.3, -0.25) is 9.78 Å². The molecule has 0 spiro atoms. The molecule has 1 saturated carbocycles. The van der Waals surface area contributed by atoms with Crippen LogP contribution in [0.5, 0.6) is 11.5 Å². The van der Waals surface area contributed by atoms with E-state index < -0.39 is 0 Å². The van der Waals surface area contributed by atoms with Crippen molar-refractivity contribution >= 4 is 16.8 Å². The van der Waals surface area contributed by atoms with Crippen LogP contribution in [0, 0.1) is 0 Å². The summed E-state index contributed by atoms with van der Waals surface area (Å²) < 4.78 is 10.8. The summed E-state index contributed by atoms with van der Waals surface area (Å²) in [5, 5.41) is 4.01. The van der Waals surface area contributed by atoms with Gasteiger partial charge in [-0.25, -0.2) is 0 Å². The van der Waals surface area contributed by atoms with Gasteiger partial charge in [0.25, 0.3) is 5.91 Å². The van der Waals surface area contributed by atoms with Gasteiger partial charge in [-0.1, -0.05) is 24.3 Å². The van der Waals surface area contributed by atoms with Crippen molar-refractivity contribution in [1.29, 1.82) is 0 Å². The molecule has 0 saturated heterocycles. The summed E-state index contributed by atoms with van der Waals surface area (Å²) in [6.45, 7) is 2.22. The van der Waals surface area contributed by atoms with E-state index in [1.807, 2.05) is 55.5 Å². The lowest BCUT2D eigenvalue weighted by molar-refractivity contribution is 0.0941. The molecule has 1 aromatic heterocycles. The zero-order valence-electron chi connectivity index (χ0n) is 15.1. The van der Waals surface area contributed by atoms with Crippen LogP contribution in [-0.4, -0.2) is 17.7 Å². The molecule has 3 aromatic rings. The second-order valence-electron chi connectivity index (χ2n) is 7.19. The summed E-state index contributed by atoms with van der Waals surface area (Å²) in [7, 11) is 0. The topological polar surface area (TPSA) is 60.5 Å². The van der Waals surface area contributed by atoms with Crippen LogP contribution in [0.1, 0.15) is 53.3 Å². The molecule has 5 rings (SSSR count). The zero-order valence-corrected chi connectivity index (χ0v) is 15.1. The molecule has 2 heterocycles. The number of pyridine rings is 1. The van der Waals surface area contributed by atoms with Gasteiger partial charge in [0.2, 0.25) is 6.79 Å². The van der Waals surface area contributed by atoms with E-state index >= 15 is 0 Å². The van der Waals surface area contributed by atoms with E-state index in [1.54, 1.807) is 0 Å². The number of nitrogens with zero attached hydrogens (tertiary/aromatic N) is 1. The molecule has 0 bridgehead atoms. The van der Waals surface area contributed by atoms with Crippen LogP contribution >= 0.6 is 0 Å². The van der Waals surface area contributed by atoms with Gasteiger partial charge in [-0.05, 0) is 49.6 Å². The van der Waals surface area contributed by atoms with Crippen LogP contribution in [0.4, 0.5) is 0 Å². The van der Waals surface area contributed by atoms with Gasteiger partial charge in [0.05, 0.1) is 17.1 Å². The van der Waals surface area contributed by atoms with Gasteiger partial charge < -0.3 is 14.8 Å². The molecule has 2 aliphatic rings. The van der Waals surface area contributed by atoms with Gasteiger partial charge in [0, 0.05) is 17.0 Å². The third-order valence-corrected chi connectivity index (χ3v) is 5.22. The number of nitrogens with one attached hydrogen (secondary N) is 1. The molecule has 1 aliphatic heterocycles. The third kappa shape index (κ3) is 2.99. The van der Waals surface area contributed by atoms with Crippen LogP contribution < -0.4 is 14.8 Å². The lowest BCUT2D eigenvalue weighted by Gasteiger charge is -2.16. The van der Waals surface area contributed by atoms with Crippen LogP contribution in [0.2, 0.25) is 0 Å². The number of carbonyl (C=O) groups excluding carboxylic acids is 1. The first-order valence-corrected chi connectivity index (χ1v) is 9.29. The number of hydrogen-bond acceptors (Lipinski definition) is 4. The highest BCUT2D eigenvalue weighted by atomic mass is 16.7. The fourth-order valence-corrected chi connectivity index (χ4v) is 3.51. The van der Waals surface area contributed by atoms with Crippen molar-refractivity contribution in [3.05, 3.63) is 65.4 Å². The van der Waals surface area contributed by atoms with E-state index in [4.69, 9.17) is 14.5 Å².